The lowest BCUT2D eigenvalue weighted by molar-refractivity contribution is -0.120. The summed E-state index contributed by atoms with van der Waals surface area (Å²) in [6, 6.07) is 1.94. The summed E-state index contributed by atoms with van der Waals surface area (Å²) < 4.78 is 26.3. The van der Waals surface area contributed by atoms with E-state index in [1.807, 2.05) is 0 Å². The number of hydrogen-bond acceptors (Lipinski definition) is 2. The van der Waals surface area contributed by atoms with Gasteiger partial charge in [-0.05, 0) is 18.9 Å². The van der Waals surface area contributed by atoms with Crippen molar-refractivity contribution in [3.05, 3.63) is 28.8 Å². The Morgan fingerprint density at radius 2 is 2.00 bits per heavy atom. The minimum Gasteiger partial charge on any atom is -0.373 e. The molecule has 1 fully saturated rings. The summed E-state index contributed by atoms with van der Waals surface area (Å²) in [5.41, 5.74) is -0.0513. The average Bonchev–Trinajstić information content (AvgIpc) is 2.80. The first-order valence-electron chi connectivity index (χ1n) is 6.24. The zero-order valence-corrected chi connectivity index (χ0v) is 11.1. The molecule has 2 rings (SSSR count). The van der Waals surface area contributed by atoms with Gasteiger partial charge in [0.25, 0.3) is 0 Å². The van der Waals surface area contributed by atoms with Crippen LogP contribution in [-0.4, -0.2) is 18.5 Å². The fraction of sp³-hybridized carbons (Fsp3) is 0.462. The molecule has 0 radical (unpaired) electrons. The molecule has 1 aliphatic rings. The highest BCUT2D eigenvalue weighted by atomic mass is 35.5. The van der Waals surface area contributed by atoms with Crippen LogP contribution >= 0.6 is 11.6 Å². The lowest BCUT2D eigenvalue weighted by Gasteiger charge is -2.13. The van der Waals surface area contributed by atoms with Crippen molar-refractivity contribution in [1.82, 2.24) is 5.32 Å². The van der Waals surface area contributed by atoms with Crippen LogP contribution in [0.25, 0.3) is 0 Å². The Morgan fingerprint density at radius 1 is 1.32 bits per heavy atom. The summed E-state index contributed by atoms with van der Waals surface area (Å²) >= 11 is 5.71. The van der Waals surface area contributed by atoms with E-state index in [1.54, 1.807) is 0 Å². The zero-order valence-electron chi connectivity index (χ0n) is 10.3. The normalized spacial score (nSPS) is 15.5. The van der Waals surface area contributed by atoms with E-state index in [1.165, 1.54) is 0 Å². The molecular formula is C13H15ClF2N2O. The van der Waals surface area contributed by atoms with E-state index < -0.39 is 11.6 Å². The van der Waals surface area contributed by atoms with Crippen LogP contribution in [0, 0.1) is 11.6 Å². The minimum atomic E-state index is -0.807. The molecule has 0 saturated heterocycles. The van der Waals surface area contributed by atoms with Crippen LogP contribution in [0.5, 0.6) is 0 Å². The van der Waals surface area contributed by atoms with Crippen molar-refractivity contribution < 1.29 is 13.6 Å². The highest BCUT2D eigenvalue weighted by Crippen LogP contribution is 2.26. The molecule has 0 bridgehead atoms. The Morgan fingerprint density at radius 3 is 2.63 bits per heavy atom. The number of rotatable bonds is 4. The molecule has 0 aromatic heterocycles. The Bertz CT molecular complexity index is 453. The second kappa shape index (κ2) is 6.19. The number of hydrogen-bond donors (Lipinski definition) is 2. The summed E-state index contributed by atoms with van der Waals surface area (Å²) in [6.45, 7) is -0.0846. The van der Waals surface area contributed by atoms with Crippen molar-refractivity contribution in [2.45, 2.75) is 31.7 Å². The molecule has 1 saturated carbocycles. The number of anilines is 1. The monoisotopic (exact) mass is 288 g/mol. The van der Waals surface area contributed by atoms with E-state index in [0.717, 1.165) is 37.8 Å². The van der Waals surface area contributed by atoms with Crippen LogP contribution in [0.4, 0.5) is 14.5 Å². The first kappa shape index (κ1) is 14.1. The first-order chi connectivity index (χ1) is 9.06. The van der Waals surface area contributed by atoms with Gasteiger partial charge >= 0.3 is 0 Å². The van der Waals surface area contributed by atoms with Gasteiger partial charge in [-0.1, -0.05) is 24.4 Å². The smallest absolute Gasteiger partial charge is 0.239 e. The Kier molecular flexibility index (Phi) is 4.58. The van der Waals surface area contributed by atoms with Crippen molar-refractivity contribution in [1.29, 1.82) is 0 Å². The van der Waals surface area contributed by atoms with Crippen molar-refractivity contribution in [3.8, 4) is 0 Å². The summed E-state index contributed by atoms with van der Waals surface area (Å²) in [7, 11) is 0. The van der Waals surface area contributed by atoms with E-state index in [2.05, 4.69) is 10.6 Å². The average molecular weight is 289 g/mol. The third-order valence-corrected chi connectivity index (χ3v) is 3.45. The molecule has 1 aromatic carbocycles. The number of carbonyl (C=O) groups excluding carboxylic acids is 1. The summed E-state index contributed by atoms with van der Waals surface area (Å²) in [5, 5.41) is 5.38. The Hall–Kier alpha value is -1.36. The molecule has 0 atom stereocenters. The number of carbonyl (C=O) groups is 1. The number of halogens is 3. The molecule has 19 heavy (non-hydrogen) atoms. The highest BCUT2D eigenvalue weighted by molar-refractivity contribution is 6.33. The molecule has 1 aliphatic carbocycles. The van der Waals surface area contributed by atoms with Gasteiger partial charge in [-0.3, -0.25) is 4.79 Å². The maximum Gasteiger partial charge on any atom is 0.239 e. The molecule has 0 heterocycles. The molecule has 1 aromatic rings. The van der Waals surface area contributed by atoms with Gasteiger partial charge in [0.1, 0.15) is 5.82 Å². The SMILES string of the molecule is O=C(CNc1c(F)cc(F)cc1Cl)NC1CCCC1. The molecule has 6 heteroatoms. The van der Waals surface area contributed by atoms with E-state index in [0.29, 0.717) is 0 Å². The largest absolute Gasteiger partial charge is 0.373 e. The molecule has 0 spiro atoms. The fourth-order valence-electron chi connectivity index (χ4n) is 2.23. The van der Waals surface area contributed by atoms with Gasteiger partial charge in [0.05, 0.1) is 17.3 Å². The molecule has 1 amide bonds. The zero-order chi connectivity index (χ0) is 13.8. The van der Waals surface area contributed by atoms with Crippen molar-refractivity contribution in [2.75, 3.05) is 11.9 Å². The standard InChI is InChI=1S/C13H15ClF2N2O/c14-10-5-8(15)6-11(16)13(10)17-7-12(19)18-9-3-1-2-4-9/h5-6,9,17H,1-4,7H2,(H,18,19). The third-order valence-electron chi connectivity index (χ3n) is 3.15. The van der Waals surface area contributed by atoms with Gasteiger partial charge in [-0.2, -0.15) is 0 Å². The quantitative estimate of drug-likeness (QED) is 0.894. The van der Waals surface area contributed by atoms with Gasteiger partial charge in [0.15, 0.2) is 5.82 Å². The molecule has 3 nitrogen and oxygen atoms in total. The van der Waals surface area contributed by atoms with Gasteiger partial charge in [-0.25, -0.2) is 8.78 Å². The maximum absolute atomic E-state index is 13.4. The second-order valence-corrected chi connectivity index (χ2v) is 5.05. The highest BCUT2D eigenvalue weighted by Gasteiger charge is 2.17. The maximum atomic E-state index is 13.4. The van der Waals surface area contributed by atoms with E-state index in [9.17, 15) is 13.6 Å². The minimum absolute atomic E-state index is 0.0513. The summed E-state index contributed by atoms with van der Waals surface area (Å²) in [6.07, 6.45) is 4.21. The number of amides is 1. The third kappa shape index (κ3) is 3.80. The second-order valence-electron chi connectivity index (χ2n) is 4.65. The summed E-state index contributed by atoms with van der Waals surface area (Å²) in [4.78, 5) is 11.6. The van der Waals surface area contributed by atoms with Crippen molar-refractivity contribution in [3.63, 3.8) is 0 Å². The van der Waals surface area contributed by atoms with Gasteiger partial charge in [-0.15, -0.1) is 0 Å². The molecule has 104 valence electrons. The number of benzene rings is 1. The molecule has 0 aliphatic heterocycles. The van der Waals surface area contributed by atoms with Crippen LogP contribution in [0.15, 0.2) is 12.1 Å². The lowest BCUT2D eigenvalue weighted by Crippen LogP contribution is -2.36. The van der Waals surface area contributed by atoms with Crippen LogP contribution < -0.4 is 10.6 Å². The molecule has 0 unspecified atom stereocenters. The lowest BCUT2D eigenvalue weighted by atomic mass is 10.2. The summed E-state index contributed by atoms with van der Waals surface area (Å²) in [5.74, 6) is -1.77. The van der Waals surface area contributed by atoms with Crippen molar-refractivity contribution in [2.24, 2.45) is 0 Å². The topological polar surface area (TPSA) is 41.1 Å². The first-order valence-corrected chi connectivity index (χ1v) is 6.62. The predicted octanol–water partition coefficient (Wildman–Crippen LogP) is 3.09. The van der Waals surface area contributed by atoms with Crippen LogP contribution in [0.3, 0.4) is 0 Å². The molecule has 2 N–H and O–H groups in total. The van der Waals surface area contributed by atoms with Gasteiger partial charge < -0.3 is 10.6 Å². The fourth-order valence-corrected chi connectivity index (χ4v) is 2.49. The van der Waals surface area contributed by atoms with E-state index in [-0.39, 0.29) is 29.2 Å². The predicted molar refractivity (Wildman–Crippen MR) is 70.3 cm³/mol. The Balaban J connectivity index is 1.89. The van der Waals surface area contributed by atoms with Crippen LogP contribution in [-0.2, 0) is 4.79 Å². The van der Waals surface area contributed by atoms with Crippen LogP contribution in [0.1, 0.15) is 25.7 Å². The number of nitrogens with one attached hydrogen (secondary N) is 2. The van der Waals surface area contributed by atoms with Gasteiger partial charge in [0.2, 0.25) is 5.91 Å². The molecular weight excluding hydrogens is 274 g/mol. The van der Waals surface area contributed by atoms with Crippen molar-refractivity contribution >= 4 is 23.2 Å². The van der Waals surface area contributed by atoms with E-state index in [4.69, 9.17) is 11.6 Å². The Labute approximate surface area is 115 Å². The van der Waals surface area contributed by atoms with Gasteiger partial charge in [0, 0.05) is 12.1 Å². The van der Waals surface area contributed by atoms with Crippen LogP contribution in [0.2, 0.25) is 5.02 Å². The van der Waals surface area contributed by atoms with E-state index >= 15 is 0 Å².